The van der Waals surface area contributed by atoms with E-state index >= 15 is 0 Å². The van der Waals surface area contributed by atoms with Crippen LogP contribution >= 0.6 is 11.6 Å². The Morgan fingerprint density at radius 2 is 2.05 bits per heavy atom. The van der Waals surface area contributed by atoms with Gasteiger partial charge in [0.15, 0.2) is 0 Å². The zero-order valence-electron chi connectivity index (χ0n) is 11.3. The van der Waals surface area contributed by atoms with Gasteiger partial charge >= 0.3 is 0 Å². The van der Waals surface area contributed by atoms with Crippen molar-refractivity contribution in [1.29, 1.82) is 0 Å². The predicted molar refractivity (Wildman–Crippen MR) is 74.2 cm³/mol. The molecule has 2 amide bonds. The van der Waals surface area contributed by atoms with Crippen molar-refractivity contribution in [1.82, 2.24) is 15.6 Å². The SMILES string of the molecule is CCNC(=O)C(C)NC(=O)c1cc(Cl)nc(CC)c1. The van der Waals surface area contributed by atoms with Gasteiger partial charge in [-0.3, -0.25) is 9.59 Å². The van der Waals surface area contributed by atoms with E-state index in [2.05, 4.69) is 15.6 Å². The molecule has 0 aliphatic carbocycles. The van der Waals surface area contributed by atoms with Crippen LogP contribution in [0.4, 0.5) is 0 Å². The third-order valence-electron chi connectivity index (χ3n) is 2.56. The van der Waals surface area contributed by atoms with E-state index in [9.17, 15) is 9.59 Å². The first-order chi connectivity index (χ1) is 8.97. The standard InChI is InChI=1S/C13H18ClN3O2/c1-4-10-6-9(7-11(14)17-10)13(19)16-8(3)12(18)15-5-2/h6-8H,4-5H2,1-3H3,(H,15,18)(H,16,19). The maximum Gasteiger partial charge on any atom is 0.252 e. The molecule has 0 aliphatic rings. The van der Waals surface area contributed by atoms with Gasteiger partial charge in [0.1, 0.15) is 11.2 Å². The molecule has 104 valence electrons. The van der Waals surface area contributed by atoms with E-state index in [1.54, 1.807) is 13.0 Å². The summed E-state index contributed by atoms with van der Waals surface area (Å²) in [4.78, 5) is 27.6. The molecule has 0 spiro atoms. The monoisotopic (exact) mass is 283 g/mol. The molecule has 19 heavy (non-hydrogen) atoms. The van der Waals surface area contributed by atoms with Crippen LogP contribution in [0.5, 0.6) is 0 Å². The van der Waals surface area contributed by atoms with Gasteiger partial charge in [0, 0.05) is 17.8 Å². The summed E-state index contributed by atoms with van der Waals surface area (Å²) >= 11 is 5.85. The van der Waals surface area contributed by atoms with E-state index in [0.717, 1.165) is 5.69 Å². The molecule has 5 nitrogen and oxygen atoms in total. The Bertz CT molecular complexity index is 477. The fourth-order valence-corrected chi connectivity index (χ4v) is 1.76. The van der Waals surface area contributed by atoms with Crippen molar-refractivity contribution in [2.24, 2.45) is 0 Å². The number of hydrogen-bond acceptors (Lipinski definition) is 3. The summed E-state index contributed by atoms with van der Waals surface area (Å²) in [5.41, 5.74) is 1.15. The summed E-state index contributed by atoms with van der Waals surface area (Å²) in [5, 5.41) is 5.54. The number of halogens is 1. The molecule has 1 aromatic heterocycles. The van der Waals surface area contributed by atoms with Gasteiger partial charge in [-0.2, -0.15) is 0 Å². The highest BCUT2D eigenvalue weighted by atomic mass is 35.5. The molecule has 0 aliphatic heterocycles. The number of carbonyl (C=O) groups is 2. The Morgan fingerprint density at radius 3 is 2.63 bits per heavy atom. The van der Waals surface area contributed by atoms with Crippen molar-refractivity contribution in [3.05, 3.63) is 28.5 Å². The second kappa shape index (κ2) is 7.09. The minimum atomic E-state index is -0.593. The highest BCUT2D eigenvalue weighted by Crippen LogP contribution is 2.11. The summed E-state index contributed by atoms with van der Waals surface area (Å²) in [6.07, 6.45) is 0.687. The zero-order valence-corrected chi connectivity index (χ0v) is 12.0. The number of pyridine rings is 1. The number of hydrogen-bond donors (Lipinski definition) is 2. The fraction of sp³-hybridized carbons (Fsp3) is 0.462. The average Bonchev–Trinajstić information content (AvgIpc) is 2.38. The zero-order chi connectivity index (χ0) is 14.4. The van der Waals surface area contributed by atoms with Gasteiger partial charge in [-0.25, -0.2) is 4.98 Å². The van der Waals surface area contributed by atoms with Crippen LogP contribution in [0.15, 0.2) is 12.1 Å². The van der Waals surface area contributed by atoms with Crippen molar-refractivity contribution in [3.63, 3.8) is 0 Å². The molecule has 1 atom stereocenters. The number of likely N-dealkylation sites (N-methyl/N-ethyl adjacent to an activating group) is 1. The molecule has 0 fully saturated rings. The molecule has 6 heteroatoms. The van der Waals surface area contributed by atoms with E-state index in [1.165, 1.54) is 6.07 Å². The minimum absolute atomic E-state index is 0.216. The normalized spacial score (nSPS) is 11.8. The first kappa shape index (κ1) is 15.4. The van der Waals surface area contributed by atoms with Crippen molar-refractivity contribution in [3.8, 4) is 0 Å². The summed E-state index contributed by atoms with van der Waals surface area (Å²) in [7, 11) is 0. The van der Waals surface area contributed by atoms with Gasteiger partial charge in [-0.05, 0) is 32.4 Å². The molecular weight excluding hydrogens is 266 g/mol. The van der Waals surface area contributed by atoms with Crippen LogP contribution in [0.2, 0.25) is 5.15 Å². The van der Waals surface area contributed by atoms with Crippen LogP contribution in [0, 0.1) is 0 Å². The Kier molecular flexibility index (Phi) is 5.76. The molecular formula is C13H18ClN3O2. The molecule has 1 unspecified atom stereocenters. The lowest BCUT2D eigenvalue weighted by Crippen LogP contribution is -2.44. The Labute approximate surface area is 117 Å². The van der Waals surface area contributed by atoms with Gasteiger partial charge < -0.3 is 10.6 Å². The highest BCUT2D eigenvalue weighted by molar-refractivity contribution is 6.29. The van der Waals surface area contributed by atoms with Crippen molar-refractivity contribution < 1.29 is 9.59 Å². The summed E-state index contributed by atoms with van der Waals surface area (Å²) in [6, 6.07) is 2.57. The molecule has 2 N–H and O–H groups in total. The second-order valence-corrected chi connectivity index (χ2v) is 4.50. The summed E-state index contributed by atoms with van der Waals surface area (Å²) in [6.45, 7) is 5.91. The van der Waals surface area contributed by atoms with Crippen LogP contribution in [-0.2, 0) is 11.2 Å². The van der Waals surface area contributed by atoms with E-state index in [1.807, 2.05) is 13.8 Å². The number of amides is 2. The number of nitrogens with zero attached hydrogens (tertiary/aromatic N) is 1. The maximum absolute atomic E-state index is 12.0. The lowest BCUT2D eigenvalue weighted by Gasteiger charge is -2.13. The maximum atomic E-state index is 12.0. The third-order valence-corrected chi connectivity index (χ3v) is 2.76. The van der Waals surface area contributed by atoms with E-state index in [4.69, 9.17) is 11.6 Å². The molecule has 1 rings (SSSR count). The molecule has 0 radical (unpaired) electrons. The van der Waals surface area contributed by atoms with Gasteiger partial charge in [0.2, 0.25) is 5.91 Å². The smallest absolute Gasteiger partial charge is 0.252 e. The summed E-state index contributed by atoms with van der Waals surface area (Å²) in [5.74, 6) is -0.551. The second-order valence-electron chi connectivity index (χ2n) is 4.11. The number of rotatable bonds is 5. The Balaban J connectivity index is 2.78. The molecule has 1 heterocycles. The predicted octanol–water partition coefficient (Wildman–Crippen LogP) is 1.55. The van der Waals surface area contributed by atoms with Crippen LogP contribution in [0.25, 0.3) is 0 Å². The van der Waals surface area contributed by atoms with Gasteiger partial charge in [-0.15, -0.1) is 0 Å². The van der Waals surface area contributed by atoms with E-state index in [-0.39, 0.29) is 17.0 Å². The molecule has 1 aromatic rings. The van der Waals surface area contributed by atoms with Crippen LogP contribution < -0.4 is 10.6 Å². The van der Waals surface area contributed by atoms with E-state index in [0.29, 0.717) is 18.5 Å². The first-order valence-electron chi connectivity index (χ1n) is 6.23. The number of nitrogens with one attached hydrogen (secondary N) is 2. The quantitative estimate of drug-likeness (QED) is 0.806. The lowest BCUT2D eigenvalue weighted by molar-refractivity contribution is -0.122. The van der Waals surface area contributed by atoms with Crippen molar-refractivity contribution in [2.45, 2.75) is 33.2 Å². The minimum Gasteiger partial charge on any atom is -0.355 e. The average molecular weight is 284 g/mol. The van der Waals surface area contributed by atoms with Crippen molar-refractivity contribution >= 4 is 23.4 Å². The highest BCUT2D eigenvalue weighted by Gasteiger charge is 2.16. The number of aryl methyl sites for hydroxylation is 1. The molecule has 0 saturated carbocycles. The van der Waals surface area contributed by atoms with Crippen molar-refractivity contribution in [2.75, 3.05) is 6.54 Å². The van der Waals surface area contributed by atoms with Gasteiger partial charge in [-0.1, -0.05) is 18.5 Å². The molecule has 0 saturated heterocycles. The van der Waals surface area contributed by atoms with Crippen LogP contribution in [-0.4, -0.2) is 29.4 Å². The Hall–Kier alpha value is -1.62. The fourth-order valence-electron chi connectivity index (χ4n) is 1.54. The van der Waals surface area contributed by atoms with Gasteiger partial charge in [0.05, 0.1) is 0 Å². The Morgan fingerprint density at radius 1 is 1.37 bits per heavy atom. The van der Waals surface area contributed by atoms with E-state index < -0.39 is 6.04 Å². The van der Waals surface area contributed by atoms with Crippen LogP contribution in [0.3, 0.4) is 0 Å². The molecule has 0 aromatic carbocycles. The first-order valence-corrected chi connectivity index (χ1v) is 6.60. The number of aromatic nitrogens is 1. The summed E-state index contributed by atoms with van der Waals surface area (Å²) < 4.78 is 0. The van der Waals surface area contributed by atoms with Crippen LogP contribution in [0.1, 0.15) is 36.8 Å². The number of carbonyl (C=O) groups excluding carboxylic acids is 2. The van der Waals surface area contributed by atoms with Gasteiger partial charge in [0.25, 0.3) is 5.91 Å². The lowest BCUT2D eigenvalue weighted by atomic mass is 10.2. The largest absolute Gasteiger partial charge is 0.355 e. The molecule has 0 bridgehead atoms. The third kappa shape index (κ3) is 4.52. The topological polar surface area (TPSA) is 71.1 Å².